The number of rotatable bonds is 2. The predicted octanol–water partition coefficient (Wildman–Crippen LogP) is 2.91. The van der Waals surface area contributed by atoms with Crippen molar-refractivity contribution in [1.82, 2.24) is 5.32 Å². The van der Waals surface area contributed by atoms with Crippen molar-refractivity contribution in [3.63, 3.8) is 0 Å². The van der Waals surface area contributed by atoms with E-state index in [-0.39, 0.29) is 11.3 Å². The number of thioether (sulfide) groups is 1. The Labute approximate surface area is 95.9 Å². The van der Waals surface area contributed by atoms with Gasteiger partial charge in [-0.1, -0.05) is 20.8 Å². The van der Waals surface area contributed by atoms with E-state index in [0.29, 0.717) is 5.92 Å². The molecular weight excluding hydrogens is 206 g/mol. The van der Waals surface area contributed by atoms with E-state index in [2.05, 4.69) is 26.1 Å². The lowest BCUT2D eigenvalue weighted by atomic mass is 9.69. The van der Waals surface area contributed by atoms with Crippen molar-refractivity contribution in [2.75, 3.05) is 5.75 Å². The van der Waals surface area contributed by atoms with Gasteiger partial charge in [0, 0.05) is 0 Å². The Kier molecular flexibility index (Phi) is 2.84. The third kappa shape index (κ3) is 1.43. The highest BCUT2D eigenvalue weighted by molar-refractivity contribution is 8.03. The lowest BCUT2D eigenvalue weighted by Gasteiger charge is -2.33. The zero-order chi connectivity index (χ0) is 11.1. The summed E-state index contributed by atoms with van der Waals surface area (Å²) >= 11 is 1.82. The monoisotopic (exact) mass is 225 g/mol. The molecular formula is C12H19NOS. The fraction of sp³-hybridized carbons (Fsp3) is 0.750. The molecule has 2 heterocycles. The van der Waals surface area contributed by atoms with Crippen LogP contribution in [0.3, 0.4) is 0 Å². The van der Waals surface area contributed by atoms with Crippen LogP contribution in [-0.4, -0.2) is 11.7 Å². The van der Waals surface area contributed by atoms with Crippen LogP contribution in [0.4, 0.5) is 0 Å². The minimum atomic E-state index is -0.206. The van der Waals surface area contributed by atoms with Crippen LogP contribution in [0.2, 0.25) is 0 Å². The topological polar surface area (TPSA) is 29.1 Å². The van der Waals surface area contributed by atoms with E-state index in [1.807, 2.05) is 11.8 Å². The van der Waals surface area contributed by atoms with Crippen LogP contribution in [0.5, 0.6) is 0 Å². The van der Waals surface area contributed by atoms with E-state index in [1.165, 1.54) is 17.0 Å². The number of carbonyl (C=O) groups excluding carboxylic acids is 1. The molecule has 0 aromatic heterocycles. The van der Waals surface area contributed by atoms with Crippen LogP contribution in [-0.2, 0) is 4.79 Å². The van der Waals surface area contributed by atoms with Gasteiger partial charge in [-0.3, -0.25) is 4.79 Å². The smallest absolute Gasteiger partial charge is 0.235 e. The molecule has 2 nitrogen and oxygen atoms in total. The summed E-state index contributed by atoms with van der Waals surface area (Å²) in [6.07, 6.45) is 3.25. The van der Waals surface area contributed by atoms with Gasteiger partial charge in [-0.05, 0) is 36.5 Å². The molecule has 1 amide bonds. The second-order valence-electron chi connectivity index (χ2n) is 4.69. The summed E-state index contributed by atoms with van der Waals surface area (Å²) in [7, 11) is 0. The van der Waals surface area contributed by atoms with Gasteiger partial charge in [0.25, 0.3) is 0 Å². The molecule has 15 heavy (non-hydrogen) atoms. The number of amides is 1. The normalized spacial score (nSPS) is 30.8. The molecule has 0 aliphatic carbocycles. The second-order valence-corrected chi connectivity index (χ2v) is 5.80. The summed E-state index contributed by atoms with van der Waals surface area (Å²) in [5, 5.41) is 4.25. The highest BCUT2D eigenvalue weighted by Gasteiger charge is 2.49. The number of nitrogens with one attached hydrogen (secondary N) is 1. The minimum absolute atomic E-state index is 0.206. The van der Waals surface area contributed by atoms with E-state index < -0.39 is 0 Å². The van der Waals surface area contributed by atoms with Crippen molar-refractivity contribution < 1.29 is 4.79 Å². The van der Waals surface area contributed by atoms with E-state index in [0.717, 1.165) is 18.6 Å². The molecule has 0 aromatic carbocycles. The highest BCUT2D eigenvalue weighted by Crippen LogP contribution is 2.50. The van der Waals surface area contributed by atoms with Crippen molar-refractivity contribution in [2.24, 2.45) is 11.3 Å². The standard InChI is InChI=1S/C12H19NOS/c1-4-12(8(2)3)9-6-5-7-15-10(9)13-11(12)14/h8H,4-7H2,1-3H3,(H,13,14). The number of hydrogen-bond donors (Lipinski definition) is 1. The van der Waals surface area contributed by atoms with Crippen molar-refractivity contribution >= 4 is 17.7 Å². The van der Waals surface area contributed by atoms with Gasteiger partial charge < -0.3 is 5.32 Å². The van der Waals surface area contributed by atoms with Crippen LogP contribution >= 0.6 is 11.8 Å². The largest absolute Gasteiger partial charge is 0.320 e. The maximum absolute atomic E-state index is 12.2. The molecule has 1 atom stereocenters. The van der Waals surface area contributed by atoms with Gasteiger partial charge in [-0.25, -0.2) is 0 Å². The molecule has 0 fully saturated rings. The van der Waals surface area contributed by atoms with Gasteiger partial charge in [0.15, 0.2) is 0 Å². The van der Waals surface area contributed by atoms with Crippen LogP contribution < -0.4 is 5.32 Å². The Hall–Kier alpha value is -0.440. The van der Waals surface area contributed by atoms with Crippen LogP contribution in [0.25, 0.3) is 0 Å². The first-order chi connectivity index (χ1) is 7.13. The van der Waals surface area contributed by atoms with Gasteiger partial charge in [0.2, 0.25) is 5.91 Å². The summed E-state index contributed by atoms with van der Waals surface area (Å²) < 4.78 is 0. The van der Waals surface area contributed by atoms with Gasteiger partial charge in [0.05, 0.1) is 10.4 Å². The van der Waals surface area contributed by atoms with Gasteiger partial charge in [-0.15, -0.1) is 11.8 Å². The van der Waals surface area contributed by atoms with Gasteiger partial charge in [0.1, 0.15) is 0 Å². The molecule has 2 aliphatic heterocycles. The molecule has 0 spiro atoms. The average Bonchev–Trinajstić information content (AvgIpc) is 2.50. The summed E-state index contributed by atoms with van der Waals surface area (Å²) in [6.45, 7) is 6.46. The Morgan fingerprint density at radius 3 is 2.87 bits per heavy atom. The maximum atomic E-state index is 12.2. The van der Waals surface area contributed by atoms with E-state index in [4.69, 9.17) is 0 Å². The first kappa shape index (κ1) is 11.1. The predicted molar refractivity (Wildman–Crippen MR) is 64.4 cm³/mol. The molecule has 2 aliphatic rings. The van der Waals surface area contributed by atoms with E-state index in [9.17, 15) is 4.79 Å². The number of hydrogen-bond acceptors (Lipinski definition) is 2. The Balaban J connectivity index is 2.44. The van der Waals surface area contributed by atoms with E-state index in [1.54, 1.807) is 0 Å². The quantitative estimate of drug-likeness (QED) is 0.783. The zero-order valence-corrected chi connectivity index (χ0v) is 10.5. The first-order valence-corrected chi connectivity index (χ1v) is 6.79. The lowest BCUT2D eigenvalue weighted by molar-refractivity contribution is -0.129. The van der Waals surface area contributed by atoms with Crippen LogP contribution in [0, 0.1) is 11.3 Å². The fourth-order valence-electron chi connectivity index (χ4n) is 2.91. The molecule has 1 unspecified atom stereocenters. The molecule has 0 saturated carbocycles. The van der Waals surface area contributed by atoms with Gasteiger partial charge >= 0.3 is 0 Å². The Morgan fingerprint density at radius 2 is 2.27 bits per heavy atom. The first-order valence-electron chi connectivity index (χ1n) is 5.80. The van der Waals surface area contributed by atoms with Crippen molar-refractivity contribution in [1.29, 1.82) is 0 Å². The van der Waals surface area contributed by atoms with Crippen LogP contribution in [0.15, 0.2) is 10.6 Å². The zero-order valence-electron chi connectivity index (χ0n) is 9.72. The fourth-order valence-corrected chi connectivity index (χ4v) is 4.02. The molecule has 84 valence electrons. The molecule has 0 saturated heterocycles. The highest BCUT2D eigenvalue weighted by atomic mass is 32.2. The minimum Gasteiger partial charge on any atom is -0.320 e. The summed E-state index contributed by atoms with van der Waals surface area (Å²) in [4.78, 5) is 12.2. The summed E-state index contributed by atoms with van der Waals surface area (Å²) in [6, 6.07) is 0. The molecule has 3 heteroatoms. The lowest BCUT2D eigenvalue weighted by Crippen LogP contribution is -2.38. The van der Waals surface area contributed by atoms with Crippen molar-refractivity contribution in [3.8, 4) is 0 Å². The third-order valence-electron chi connectivity index (χ3n) is 3.81. The Bertz CT molecular complexity index is 322. The summed E-state index contributed by atoms with van der Waals surface area (Å²) in [5.41, 5.74) is 1.18. The molecule has 1 N–H and O–H groups in total. The van der Waals surface area contributed by atoms with Gasteiger partial charge in [-0.2, -0.15) is 0 Å². The summed E-state index contributed by atoms with van der Waals surface area (Å²) in [5.74, 6) is 1.78. The SMILES string of the molecule is CCC1(C(C)C)C(=O)NC2=C1CCCS2. The molecule has 0 radical (unpaired) electrons. The average molecular weight is 225 g/mol. The van der Waals surface area contributed by atoms with Crippen LogP contribution in [0.1, 0.15) is 40.0 Å². The third-order valence-corrected chi connectivity index (χ3v) is 4.94. The maximum Gasteiger partial charge on any atom is 0.235 e. The van der Waals surface area contributed by atoms with Crippen molar-refractivity contribution in [2.45, 2.75) is 40.0 Å². The molecule has 0 bridgehead atoms. The second kappa shape index (κ2) is 3.85. The van der Waals surface area contributed by atoms with Crippen molar-refractivity contribution in [3.05, 3.63) is 10.6 Å². The number of carbonyl (C=O) groups is 1. The molecule has 2 rings (SSSR count). The molecule has 0 aromatic rings. The Morgan fingerprint density at radius 1 is 1.53 bits per heavy atom. The van der Waals surface area contributed by atoms with E-state index >= 15 is 0 Å².